The van der Waals surface area contributed by atoms with Gasteiger partial charge < -0.3 is 5.32 Å². The highest BCUT2D eigenvalue weighted by Crippen LogP contribution is 2.28. The summed E-state index contributed by atoms with van der Waals surface area (Å²) in [6.07, 6.45) is 2.46. The Bertz CT molecular complexity index is 425. The zero-order valence-electron chi connectivity index (χ0n) is 11.8. The Hall–Kier alpha value is -0.950. The van der Waals surface area contributed by atoms with Crippen molar-refractivity contribution in [3.05, 3.63) is 12.2 Å². The predicted molar refractivity (Wildman–Crippen MR) is 83.6 cm³/mol. The minimum atomic E-state index is -0.395. The maximum absolute atomic E-state index is 11.8. The maximum Gasteiger partial charge on any atom is 0.253 e. The molecule has 1 aliphatic heterocycles. The molecule has 2 unspecified atom stereocenters. The quantitative estimate of drug-likeness (QED) is 0.403. The molecule has 1 rings (SSSR count). The van der Waals surface area contributed by atoms with E-state index in [0.29, 0.717) is 0 Å². The standard InChI is InChI=1S/C13H20N2O3S2/c1-13(2,3)11(19)12(20)14-8(16)6-7-15-9(17)4-5-10(15)18/h4-5,11-12,19-20H,6-7H2,1-3H3,(H,14,16). The summed E-state index contributed by atoms with van der Waals surface area (Å²) in [7, 11) is 0. The fourth-order valence-corrected chi connectivity index (χ4v) is 2.32. The molecular weight excluding hydrogens is 296 g/mol. The third kappa shape index (κ3) is 4.56. The van der Waals surface area contributed by atoms with Gasteiger partial charge in [-0.1, -0.05) is 20.8 Å². The van der Waals surface area contributed by atoms with Gasteiger partial charge in [-0.15, -0.1) is 0 Å². The van der Waals surface area contributed by atoms with Crippen LogP contribution < -0.4 is 5.32 Å². The molecule has 1 N–H and O–H groups in total. The molecule has 0 bridgehead atoms. The van der Waals surface area contributed by atoms with Gasteiger partial charge in [0.15, 0.2) is 0 Å². The minimum Gasteiger partial charge on any atom is -0.343 e. The molecule has 20 heavy (non-hydrogen) atoms. The van der Waals surface area contributed by atoms with Gasteiger partial charge in [-0.25, -0.2) is 0 Å². The molecule has 7 heteroatoms. The van der Waals surface area contributed by atoms with E-state index in [2.05, 4.69) is 30.6 Å². The highest BCUT2D eigenvalue weighted by Gasteiger charge is 2.29. The van der Waals surface area contributed by atoms with Crippen LogP contribution in [-0.2, 0) is 14.4 Å². The average molecular weight is 316 g/mol. The lowest BCUT2D eigenvalue weighted by molar-refractivity contribution is -0.137. The summed E-state index contributed by atoms with van der Waals surface area (Å²) in [4.78, 5) is 35.5. The molecule has 0 fully saturated rings. The fourth-order valence-electron chi connectivity index (χ4n) is 1.65. The summed E-state index contributed by atoms with van der Waals surface area (Å²) in [5.74, 6) is -1.03. The first kappa shape index (κ1) is 17.1. The molecule has 5 nitrogen and oxygen atoms in total. The van der Waals surface area contributed by atoms with Crippen molar-refractivity contribution in [1.82, 2.24) is 10.2 Å². The summed E-state index contributed by atoms with van der Waals surface area (Å²) >= 11 is 8.77. The third-order valence-corrected chi connectivity index (χ3v) is 4.69. The van der Waals surface area contributed by atoms with E-state index in [-0.39, 0.29) is 41.4 Å². The molecule has 3 amide bonds. The number of carbonyl (C=O) groups excluding carboxylic acids is 3. The van der Waals surface area contributed by atoms with Crippen LogP contribution in [0.1, 0.15) is 27.2 Å². The SMILES string of the molecule is CC(C)(C)C(S)C(S)NC(=O)CCN1C(=O)C=CC1=O. The Kier molecular flexibility index (Phi) is 5.70. The van der Waals surface area contributed by atoms with Gasteiger partial charge in [-0.3, -0.25) is 19.3 Å². The van der Waals surface area contributed by atoms with Gasteiger partial charge in [-0.05, 0) is 5.41 Å². The van der Waals surface area contributed by atoms with Crippen LogP contribution in [0, 0.1) is 5.41 Å². The predicted octanol–water partition coefficient (Wildman–Crippen LogP) is 1.02. The van der Waals surface area contributed by atoms with E-state index in [9.17, 15) is 14.4 Å². The van der Waals surface area contributed by atoms with Gasteiger partial charge in [0.05, 0.1) is 5.37 Å². The molecule has 112 valence electrons. The number of rotatable bonds is 5. The van der Waals surface area contributed by atoms with E-state index in [1.54, 1.807) is 0 Å². The second-order valence-corrected chi connectivity index (χ2v) is 6.85. The van der Waals surface area contributed by atoms with Crippen molar-refractivity contribution in [2.45, 2.75) is 37.8 Å². The number of amides is 3. The number of thiol groups is 2. The lowest BCUT2D eigenvalue weighted by Crippen LogP contribution is -2.44. The molecule has 0 aromatic rings. The second-order valence-electron chi connectivity index (χ2n) is 5.73. The molecule has 0 saturated carbocycles. The summed E-state index contributed by atoms with van der Waals surface area (Å²) in [6, 6.07) is 0. The van der Waals surface area contributed by atoms with Crippen molar-refractivity contribution in [3.63, 3.8) is 0 Å². The molecule has 1 heterocycles. The van der Waals surface area contributed by atoms with Gasteiger partial charge in [0.25, 0.3) is 11.8 Å². The van der Waals surface area contributed by atoms with Crippen molar-refractivity contribution >= 4 is 43.0 Å². The van der Waals surface area contributed by atoms with Gasteiger partial charge in [-0.2, -0.15) is 25.3 Å². The molecule has 1 aliphatic rings. The van der Waals surface area contributed by atoms with Crippen molar-refractivity contribution in [1.29, 1.82) is 0 Å². The van der Waals surface area contributed by atoms with Crippen LogP contribution in [0.15, 0.2) is 12.2 Å². The Labute approximate surface area is 130 Å². The highest BCUT2D eigenvalue weighted by molar-refractivity contribution is 7.85. The minimum absolute atomic E-state index is 0.0564. The summed E-state index contributed by atoms with van der Waals surface area (Å²) in [5, 5.41) is 2.21. The Morgan fingerprint density at radius 3 is 2.20 bits per heavy atom. The van der Waals surface area contributed by atoms with E-state index < -0.39 is 5.37 Å². The van der Waals surface area contributed by atoms with Crippen molar-refractivity contribution in [2.75, 3.05) is 6.54 Å². The number of carbonyl (C=O) groups is 3. The van der Waals surface area contributed by atoms with Crippen LogP contribution in [0.2, 0.25) is 0 Å². The topological polar surface area (TPSA) is 66.5 Å². The molecule has 0 aromatic heterocycles. The van der Waals surface area contributed by atoms with Gasteiger partial charge in [0.1, 0.15) is 0 Å². The molecule has 0 aliphatic carbocycles. The first-order chi connectivity index (χ1) is 9.12. The lowest BCUT2D eigenvalue weighted by Gasteiger charge is -2.31. The number of hydrogen-bond acceptors (Lipinski definition) is 5. The summed E-state index contributed by atoms with van der Waals surface area (Å²) in [5.41, 5.74) is -0.104. The number of nitrogens with one attached hydrogen (secondary N) is 1. The number of imide groups is 1. The van der Waals surface area contributed by atoms with Crippen LogP contribution >= 0.6 is 25.3 Å². The van der Waals surface area contributed by atoms with E-state index in [1.807, 2.05) is 20.8 Å². The zero-order chi connectivity index (χ0) is 15.5. The number of hydrogen-bond donors (Lipinski definition) is 3. The second kappa shape index (κ2) is 6.67. The van der Waals surface area contributed by atoms with Crippen LogP contribution in [0.25, 0.3) is 0 Å². The van der Waals surface area contributed by atoms with E-state index in [1.165, 1.54) is 12.2 Å². The molecule has 0 saturated heterocycles. The smallest absolute Gasteiger partial charge is 0.253 e. The fraction of sp³-hybridized carbons (Fsp3) is 0.615. The monoisotopic (exact) mass is 316 g/mol. The Morgan fingerprint density at radius 2 is 1.75 bits per heavy atom. The van der Waals surface area contributed by atoms with Gasteiger partial charge >= 0.3 is 0 Å². The number of nitrogens with zero attached hydrogens (tertiary/aromatic N) is 1. The van der Waals surface area contributed by atoms with Crippen molar-refractivity contribution < 1.29 is 14.4 Å². The first-order valence-electron chi connectivity index (χ1n) is 6.32. The Morgan fingerprint density at radius 1 is 1.25 bits per heavy atom. The molecule has 0 radical (unpaired) electrons. The van der Waals surface area contributed by atoms with Crippen LogP contribution in [0.5, 0.6) is 0 Å². The average Bonchev–Trinajstić information content (AvgIpc) is 2.64. The first-order valence-corrected chi connectivity index (χ1v) is 7.35. The van der Waals surface area contributed by atoms with Gasteiger partial charge in [0, 0.05) is 30.4 Å². The van der Waals surface area contributed by atoms with Gasteiger partial charge in [0.2, 0.25) is 5.91 Å². The van der Waals surface area contributed by atoms with Crippen LogP contribution in [-0.4, -0.2) is 39.8 Å². The van der Waals surface area contributed by atoms with Crippen LogP contribution in [0.4, 0.5) is 0 Å². The van der Waals surface area contributed by atoms with Crippen molar-refractivity contribution in [2.24, 2.45) is 5.41 Å². The largest absolute Gasteiger partial charge is 0.343 e. The highest BCUT2D eigenvalue weighted by atomic mass is 32.1. The Balaban J connectivity index is 2.41. The molecule has 0 spiro atoms. The molecule has 0 aromatic carbocycles. The van der Waals surface area contributed by atoms with Crippen molar-refractivity contribution in [3.8, 4) is 0 Å². The maximum atomic E-state index is 11.8. The van der Waals surface area contributed by atoms with E-state index in [4.69, 9.17) is 0 Å². The zero-order valence-corrected chi connectivity index (χ0v) is 13.6. The van der Waals surface area contributed by atoms with E-state index >= 15 is 0 Å². The van der Waals surface area contributed by atoms with E-state index in [0.717, 1.165) is 4.90 Å². The normalized spacial score (nSPS) is 18.4. The molecule has 2 atom stereocenters. The van der Waals surface area contributed by atoms with Crippen LogP contribution in [0.3, 0.4) is 0 Å². The lowest BCUT2D eigenvalue weighted by atomic mass is 9.91. The summed E-state index contributed by atoms with van der Waals surface area (Å²) < 4.78 is 0. The summed E-state index contributed by atoms with van der Waals surface area (Å²) in [6.45, 7) is 6.09. The molecular formula is C13H20N2O3S2. The third-order valence-electron chi connectivity index (χ3n) is 2.96.